The molecule has 0 bridgehead atoms. The van der Waals surface area contributed by atoms with Crippen LogP contribution in [0.1, 0.15) is 58.1 Å². The number of carbonyl (C=O) groups is 2. The third-order valence-corrected chi connectivity index (χ3v) is 3.41. The lowest BCUT2D eigenvalue weighted by atomic mass is 10.0. The van der Waals surface area contributed by atoms with Gasteiger partial charge in [-0.25, -0.2) is 4.79 Å². The van der Waals surface area contributed by atoms with Gasteiger partial charge in [-0.1, -0.05) is 50.1 Å². The van der Waals surface area contributed by atoms with Gasteiger partial charge < -0.3 is 15.5 Å². The van der Waals surface area contributed by atoms with E-state index in [0.717, 1.165) is 12.8 Å². The van der Waals surface area contributed by atoms with E-state index in [1.165, 1.54) is 29.5 Å². The second kappa shape index (κ2) is 12.2. The van der Waals surface area contributed by atoms with E-state index in [9.17, 15) is 4.79 Å². The van der Waals surface area contributed by atoms with Gasteiger partial charge in [0.05, 0.1) is 0 Å². The van der Waals surface area contributed by atoms with Crippen LogP contribution < -0.4 is 5.32 Å². The first-order valence-corrected chi connectivity index (χ1v) is 8.21. The topological polar surface area (TPSA) is 86.6 Å². The molecule has 0 spiro atoms. The van der Waals surface area contributed by atoms with Gasteiger partial charge in [0.15, 0.2) is 0 Å². The third kappa shape index (κ3) is 11.3. The lowest BCUT2D eigenvalue weighted by Crippen LogP contribution is -2.31. The summed E-state index contributed by atoms with van der Waals surface area (Å²) in [4.78, 5) is 19.5. The third-order valence-electron chi connectivity index (χ3n) is 3.41. The zero-order chi connectivity index (χ0) is 18.5. The molecule has 1 aromatic rings. The molecule has 0 radical (unpaired) electrons. The highest BCUT2D eigenvalue weighted by Crippen LogP contribution is 2.16. The first-order chi connectivity index (χ1) is 11.3. The van der Waals surface area contributed by atoms with Crippen molar-refractivity contribution in [1.82, 2.24) is 5.32 Å². The number of amides is 1. The van der Waals surface area contributed by atoms with Crippen LogP contribution in [0.2, 0.25) is 0 Å². The smallest absolute Gasteiger partial charge is 0.450 e. The first-order valence-electron chi connectivity index (χ1n) is 8.21. The molecule has 1 rings (SSSR count). The van der Waals surface area contributed by atoms with Crippen LogP contribution in [0.3, 0.4) is 0 Å². The van der Waals surface area contributed by atoms with Gasteiger partial charge in [-0.2, -0.15) is 0 Å². The first kappa shape index (κ1) is 21.7. The molecule has 5 heteroatoms. The standard InChI is InChI=1S/C18H27NO.CH2O3/c1-5-6-7-8-14(2)18-11-9-17(10-12-18)13-15(3)19-16(4)20;2-1(3)4/h8-12,15H,5-7,13H2,1-4H3,(H,19,20);(H2,2,3,4)/t15-;/m1./s1. The second-order valence-corrected chi connectivity index (χ2v) is 5.81. The maximum Gasteiger partial charge on any atom is 0.503 e. The van der Waals surface area contributed by atoms with Crippen molar-refractivity contribution >= 4 is 17.6 Å². The molecular weight excluding hydrogens is 306 g/mol. The molecule has 1 atom stereocenters. The van der Waals surface area contributed by atoms with E-state index in [4.69, 9.17) is 15.0 Å². The van der Waals surface area contributed by atoms with E-state index in [-0.39, 0.29) is 11.9 Å². The summed E-state index contributed by atoms with van der Waals surface area (Å²) in [6.45, 7) is 7.98. The molecular formula is C19H29NO4. The summed E-state index contributed by atoms with van der Waals surface area (Å²) in [5.41, 5.74) is 3.90. The van der Waals surface area contributed by atoms with Crippen LogP contribution in [-0.4, -0.2) is 28.3 Å². The Balaban J connectivity index is 0.00000118. The molecule has 0 aromatic heterocycles. The monoisotopic (exact) mass is 335 g/mol. The van der Waals surface area contributed by atoms with E-state index in [0.29, 0.717) is 0 Å². The Labute approximate surface area is 144 Å². The Kier molecular flexibility index (Phi) is 11.0. The molecule has 1 aromatic carbocycles. The summed E-state index contributed by atoms with van der Waals surface area (Å²) in [7, 11) is 0. The van der Waals surface area contributed by atoms with Crippen molar-refractivity contribution in [3.8, 4) is 0 Å². The van der Waals surface area contributed by atoms with Gasteiger partial charge in [0.2, 0.25) is 5.91 Å². The van der Waals surface area contributed by atoms with Crippen molar-refractivity contribution in [2.45, 2.75) is 59.4 Å². The number of carboxylic acid groups (broad SMARTS) is 2. The predicted molar refractivity (Wildman–Crippen MR) is 97.3 cm³/mol. The molecule has 0 saturated heterocycles. The van der Waals surface area contributed by atoms with E-state index in [1.807, 2.05) is 6.92 Å². The van der Waals surface area contributed by atoms with Crippen LogP contribution in [0, 0.1) is 0 Å². The van der Waals surface area contributed by atoms with Crippen LogP contribution >= 0.6 is 0 Å². The fourth-order valence-corrected chi connectivity index (χ4v) is 2.30. The lowest BCUT2D eigenvalue weighted by molar-refractivity contribution is -0.119. The quantitative estimate of drug-likeness (QED) is 0.637. The molecule has 0 fully saturated rings. The zero-order valence-corrected chi connectivity index (χ0v) is 15.0. The maximum atomic E-state index is 11.0. The largest absolute Gasteiger partial charge is 0.503 e. The van der Waals surface area contributed by atoms with Crippen molar-refractivity contribution in [1.29, 1.82) is 0 Å². The Morgan fingerprint density at radius 2 is 1.71 bits per heavy atom. The van der Waals surface area contributed by atoms with E-state index in [2.05, 4.69) is 49.5 Å². The van der Waals surface area contributed by atoms with Gasteiger partial charge in [0, 0.05) is 13.0 Å². The molecule has 134 valence electrons. The Hall–Kier alpha value is -2.30. The fraction of sp³-hybridized carbons (Fsp3) is 0.474. The van der Waals surface area contributed by atoms with Crippen LogP contribution in [0.15, 0.2) is 30.3 Å². The molecule has 0 aliphatic carbocycles. The summed E-state index contributed by atoms with van der Waals surface area (Å²) < 4.78 is 0. The zero-order valence-electron chi connectivity index (χ0n) is 15.0. The summed E-state index contributed by atoms with van der Waals surface area (Å²) >= 11 is 0. The number of rotatable bonds is 7. The van der Waals surface area contributed by atoms with Crippen molar-refractivity contribution in [3.63, 3.8) is 0 Å². The molecule has 24 heavy (non-hydrogen) atoms. The van der Waals surface area contributed by atoms with Gasteiger partial charge in [-0.15, -0.1) is 0 Å². The van der Waals surface area contributed by atoms with Crippen molar-refractivity contribution in [2.24, 2.45) is 0 Å². The van der Waals surface area contributed by atoms with E-state index >= 15 is 0 Å². The number of nitrogens with one attached hydrogen (secondary N) is 1. The van der Waals surface area contributed by atoms with Gasteiger partial charge in [0.1, 0.15) is 0 Å². The van der Waals surface area contributed by atoms with Crippen LogP contribution in [0.4, 0.5) is 4.79 Å². The molecule has 0 heterocycles. The second-order valence-electron chi connectivity index (χ2n) is 5.81. The number of hydrogen-bond acceptors (Lipinski definition) is 2. The maximum absolute atomic E-state index is 11.0. The fourth-order valence-electron chi connectivity index (χ4n) is 2.30. The molecule has 0 aliphatic heterocycles. The number of allylic oxidation sites excluding steroid dienone is 2. The highest BCUT2D eigenvalue weighted by Gasteiger charge is 2.05. The molecule has 0 unspecified atom stereocenters. The molecule has 0 aliphatic rings. The molecule has 0 saturated carbocycles. The van der Waals surface area contributed by atoms with Gasteiger partial charge in [0.25, 0.3) is 0 Å². The Morgan fingerprint density at radius 1 is 1.17 bits per heavy atom. The minimum Gasteiger partial charge on any atom is -0.450 e. The van der Waals surface area contributed by atoms with Crippen LogP contribution in [0.25, 0.3) is 5.57 Å². The van der Waals surface area contributed by atoms with Crippen LogP contribution in [-0.2, 0) is 11.2 Å². The molecule has 1 amide bonds. The highest BCUT2D eigenvalue weighted by atomic mass is 16.6. The molecule has 3 N–H and O–H groups in total. The summed E-state index contributed by atoms with van der Waals surface area (Å²) in [5.74, 6) is 0.0313. The number of hydrogen-bond donors (Lipinski definition) is 3. The van der Waals surface area contributed by atoms with E-state index < -0.39 is 6.16 Å². The average Bonchev–Trinajstić information content (AvgIpc) is 2.46. The highest BCUT2D eigenvalue weighted by molar-refractivity contribution is 5.73. The van der Waals surface area contributed by atoms with Crippen LogP contribution in [0.5, 0.6) is 0 Å². The molecule has 5 nitrogen and oxygen atoms in total. The van der Waals surface area contributed by atoms with Gasteiger partial charge >= 0.3 is 6.16 Å². The van der Waals surface area contributed by atoms with Gasteiger partial charge in [-0.3, -0.25) is 4.79 Å². The minimum atomic E-state index is -1.83. The summed E-state index contributed by atoms with van der Waals surface area (Å²) in [6.07, 6.45) is 5.01. The van der Waals surface area contributed by atoms with Crippen molar-refractivity contribution in [2.75, 3.05) is 0 Å². The van der Waals surface area contributed by atoms with E-state index in [1.54, 1.807) is 6.92 Å². The lowest BCUT2D eigenvalue weighted by Gasteiger charge is -2.12. The summed E-state index contributed by atoms with van der Waals surface area (Å²) in [6, 6.07) is 8.84. The van der Waals surface area contributed by atoms with Crippen molar-refractivity contribution in [3.05, 3.63) is 41.5 Å². The summed E-state index contributed by atoms with van der Waals surface area (Å²) in [5, 5.41) is 16.9. The Morgan fingerprint density at radius 3 is 2.17 bits per heavy atom. The number of unbranched alkanes of at least 4 members (excludes halogenated alkanes) is 2. The average molecular weight is 335 g/mol. The Bertz CT molecular complexity index is 531. The number of benzene rings is 1. The number of carbonyl (C=O) groups excluding carboxylic acids is 1. The van der Waals surface area contributed by atoms with Gasteiger partial charge in [-0.05, 0) is 43.4 Å². The van der Waals surface area contributed by atoms with Crippen molar-refractivity contribution < 1.29 is 19.8 Å². The SMILES string of the molecule is CCCCC=C(C)c1ccc(C[C@@H](C)NC(C)=O)cc1.O=C(O)O. The normalized spacial score (nSPS) is 11.9. The predicted octanol–water partition coefficient (Wildman–Crippen LogP) is 4.57. The minimum absolute atomic E-state index is 0.0313.